The van der Waals surface area contributed by atoms with Crippen molar-refractivity contribution < 1.29 is 13.3 Å². The minimum absolute atomic E-state index is 0.0520. The Labute approximate surface area is 129 Å². The fourth-order valence-electron chi connectivity index (χ4n) is 1.59. The Balaban J connectivity index is 2.86. The molecule has 0 aliphatic carbocycles. The number of nitrogens with zero attached hydrogens (tertiary/aromatic N) is 1. The van der Waals surface area contributed by atoms with Crippen molar-refractivity contribution >= 4 is 33.0 Å². The van der Waals surface area contributed by atoms with Gasteiger partial charge in [-0.15, -0.1) is 0 Å². The van der Waals surface area contributed by atoms with Crippen LogP contribution in [0.3, 0.4) is 0 Å². The number of nitrogens with one attached hydrogen (secondary N) is 1. The number of benzene rings is 1. The fraction of sp³-hybridized carbons (Fsp3) is 0.538. The lowest BCUT2D eigenvalue weighted by molar-refractivity contribution is -0.384. The predicted octanol–water partition coefficient (Wildman–Crippen LogP) is 2.94. The zero-order valence-electron chi connectivity index (χ0n) is 12.5. The highest BCUT2D eigenvalue weighted by Crippen LogP contribution is 2.28. The molecule has 0 spiro atoms. The maximum Gasteiger partial charge on any atom is 0.293 e. The number of hydrogen-bond acceptors (Lipinski definition) is 6. The normalized spacial score (nSPS) is 12.2. The molecule has 1 aromatic rings. The lowest BCUT2D eigenvalue weighted by atomic mass is 10.2. The molecule has 0 saturated heterocycles. The molecule has 0 fully saturated rings. The second kappa shape index (κ2) is 6.65. The smallest absolute Gasteiger partial charge is 0.293 e. The Bertz CT molecular complexity index is 622. The van der Waals surface area contributed by atoms with Crippen LogP contribution in [0.1, 0.15) is 20.8 Å². The summed E-state index contributed by atoms with van der Waals surface area (Å²) in [6.45, 7) is 6.87. The number of nitro benzene ring substituents is 1. The number of thioether (sulfide) groups is 1. The highest BCUT2D eigenvalue weighted by molar-refractivity contribution is 8.00. The molecule has 0 bridgehead atoms. The summed E-state index contributed by atoms with van der Waals surface area (Å²) in [5.74, 6) is 0.800. The number of rotatable bonds is 6. The van der Waals surface area contributed by atoms with Gasteiger partial charge in [-0.3, -0.25) is 10.1 Å². The molecular weight excluding hydrogens is 312 g/mol. The summed E-state index contributed by atoms with van der Waals surface area (Å²) in [6.07, 6.45) is 1.03. The Hall–Kier alpha value is -1.28. The van der Waals surface area contributed by atoms with Gasteiger partial charge in [-0.2, -0.15) is 11.8 Å². The molecule has 0 radical (unpaired) electrons. The van der Waals surface area contributed by atoms with Crippen molar-refractivity contribution in [2.24, 2.45) is 0 Å². The summed E-state index contributed by atoms with van der Waals surface area (Å²) >= 11 is 1.75. The average molecular weight is 332 g/mol. The van der Waals surface area contributed by atoms with E-state index in [-0.39, 0.29) is 15.3 Å². The first-order valence-corrected chi connectivity index (χ1v) is 9.25. The highest BCUT2D eigenvalue weighted by atomic mass is 32.2. The van der Waals surface area contributed by atoms with Gasteiger partial charge in [-0.1, -0.05) is 20.8 Å². The number of sulfone groups is 1. The third-order valence-electron chi connectivity index (χ3n) is 2.55. The first-order valence-electron chi connectivity index (χ1n) is 6.37. The van der Waals surface area contributed by atoms with Gasteiger partial charge in [0.1, 0.15) is 5.69 Å². The van der Waals surface area contributed by atoms with E-state index in [1.807, 2.05) is 0 Å². The van der Waals surface area contributed by atoms with E-state index >= 15 is 0 Å². The van der Waals surface area contributed by atoms with Crippen LogP contribution in [-0.2, 0) is 9.84 Å². The number of nitro groups is 1. The third kappa shape index (κ3) is 5.92. The topological polar surface area (TPSA) is 89.3 Å². The molecule has 118 valence electrons. The van der Waals surface area contributed by atoms with Crippen molar-refractivity contribution in [3.63, 3.8) is 0 Å². The minimum Gasteiger partial charge on any atom is -0.379 e. The Morgan fingerprint density at radius 2 is 1.95 bits per heavy atom. The number of anilines is 1. The molecule has 1 aromatic carbocycles. The van der Waals surface area contributed by atoms with Gasteiger partial charge in [0.15, 0.2) is 9.84 Å². The SMILES string of the molecule is CC(C)(C)SCCNc1ccc(S(C)(=O)=O)cc1[N+](=O)[O-]. The molecule has 0 unspecified atom stereocenters. The first-order chi connectivity index (χ1) is 9.50. The molecule has 0 atom stereocenters. The van der Waals surface area contributed by atoms with Crippen LogP contribution in [0.5, 0.6) is 0 Å². The zero-order valence-corrected chi connectivity index (χ0v) is 14.2. The van der Waals surface area contributed by atoms with Crippen molar-refractivity contribution in [3.8, 4) is 0 Å². The van der Waals surface area contributed by atoms with Crippen LogP contribution in [0.2, 0.25) is 0 Å². The summed E-state index contributed by atoms with van der Waals surface area (Å²) in [5, 5.41) is 14.0. The van der Waals surface area contributed by atoms with Crippen molar-refractivity contribution in [3.05, 3.63) is 28.3 Å². The van der Waals surface area contributed by atoms with Gasteiger partial charge in [0.05, 0.1) is 9.82 Å². The molecule has 0 heterocycles. The average Bonchev–Trinajstić information content (AvgIpc) is 2.32. The second-order valence-corrected chi connectivity index (χ2v) is 9.53. The van der Waals surface area contributed by atoms with Crippen molar-refractivity contribution in [1.29, 1.82) is 0 Å². The summed E-state index contributed by atoms with van der Waals surface area (Å²) in [6, 6.07) is 3.91. The summed E-state index contributed by atoms with van der Waals surface area (Å²) in [5.41, 5.74) is 0.112. The van der Waals surface area contributed by atoms with E-state index in [0.29, 0.717) is 12.2 Å². The molecule has 0 amide bonds. The predicted molar refractivity (Wildman–Crippen MR) is 86.9 cm³/mol. The third-order valence-corrected chi connectivity index (χ3v) is 4.93. The van der Waals surface area contributed by atoms with Gasteiger partial charge < -0.3 is 5.32 Å². The van der Waals surface area contributed by atoms with E-state index < -0.39 is 14.8 Å². The van der Waals surface area contributed by atoms with Crippen LogP contribution in [0, 0.1) is 10.1 Å². The molecule has 0 aliphatic heterocycles. The van der Waals surface area contributed by atoms with Crippen LogP contribution >= 0.6 is 11.8 Å². The van der Waals surface area contributed by atoms with Gasteiger partial charge in [-0.05, 0) is 12.1 Å². The Kier molecular flexibility index (Phi) is 5.63. The first kappa shape index (κ1) is 17.8. The van der Waals surface area contributed by atoms with Crippen molar-refractivity contribution in [2.45, 2.75) is 30.4 Å². The van der Waals surface area contributed by atoms with Gasteiger partial charge in [0.2, 0.25) is 0 Å². The standard InChI is InChI=1S/C13H20N2O4S2/c1-13(2,3)20-8-7-14-11-6-5-10(21(4,18)19)9-12(11)15(16)17/h5-6,9,14H,7-8H2,1-4H3. The van der Waals surface area contributed by atoms with Crippen LogP contribution in [0.15, 0.2) is 23.1 Å². The molecule has 1 rings (SSSR count). The molecule has 0 aromatic heterocycles. The fourth-order valence-corrected chi connectivity index (χ4v) is 3.04. The maximum atomic E-state index is 11.4. The quantitative estimate of drug-likeness (QED) is 0.489. The summed E-state index contributed by atoms with van der Waals surface area (Å²) in [4.78, 5) is 10.4. The lowest BCUT2D eigenvalue weighted by Crippen LogP contribution is -2.13. The highest BCUT2D eigenvalue weighted by Gasteiger charge is 2.18. The molecule has 21 heavy (non-hydrogen) atoms. The van der Waals surface area contributed by atoms with Crippen LogP contribution in [0.25, 0.3) is 0 Å². The number of hydrogen-bond donors (Lipinski definition) is 1. The van der Waals surface area contributed by atoms with Gasteiger partial charge in [0.25, 0.3) is 5.69 Å². The minimum atomic E-state index is -3.46. The molecule has 0 aliphatic rings. The summed E-state index contributed by atoms with van der Waals surface area (Å²) in [7, 11) is -3.46. The largest absolute Gasteiger partial charge is 0.379 e. The van der Waals surface area contributed by atoms with Gasteiger partial charge in [0, 0.05) is 29.4 Å². The van der Waals surface area contributed by atoms with E-state index in [1.165, 1.54) is 12.1 Å². The van der Waals surface area contributed by atoms with Crippen LogP contribution in [0.4, 0.5) is 11.4 Å². The molecular formula is C13H20N2O4S2. The van der Waals surface area contributed by atoms with Crippen LogP contribution < -0.4 is 5.32 Å². The lowest BCUT2D eigenvalue weighted by Gasteiger charge is -2.17. The Morgan fingerprint density at radius 1 is 1.33 bits per heavy atom. The molecule has 8 heteroatoms. The Morgan fingerprint density at radius 3 is 2.43 bits per heavy atom. The summed E-state index contributed by atoms with van der Waals surface area (Å²) < 4.78 is 23.0. The van der Waals surface area contributed by atoms with Crippen molar-refractivity contribution in [1.82, 2.24) is 0 Å². The monoisotopic (exact) mass is 332 g/mol. The van der Waals surface area contributed by atoms with E-state index in [2.05, 4.69) is 26.1 Å². The molecule has 6 nitrogen and oxygen atoms in total. The second-order valence-electron chi connectivity index (χ2n) is 5.60. The molecule has 0 saturated carbocycles. The van der Waals surface area contributed by atoms with E-state index in [9.17, 15) is 18.5 Å². The van der Waals surface area contributed by atoms with E-state index in [1.54, 1.807) is 11.8 Å². The van der Waals surface area contributed by atoms with Crippen molar-refractivity contribution in [2.75, 3.05) is 23.9 Å². The van der Waals surface area contributed by atoms with E-state index in [4.69, 9.17) is 0 Å². The molecule has 1 N–H and O–H groups in total. The van der Waals surface area contributed by atoms with E-state index in [0.717, 1.165) is 18.1 Å². The zero-order chi connectivity index (χ0) is 16.3. The van der Waals surface area contributed by atoms with Crippen LogP contribution in [-0.4, -0.2) is 36.6 Å². The maximum absolute atomic E-state index is 11.4. The van der Waals surface area contributed by atoms with Gasteiger partial charge >= 0.3 is 0 Å². The van der Waals surface area contributed by atoms with Gasteiger partial charge in [-0.25, -0.2) is 8.42 Å².